The highest BCUT2D eigenvalue weighted by atomic mass is 32.2. The summed E-state index contributed by atoms with van der Waals surface area (Å²) in [5.41, 5.74) is 1.05. The first-order chi connectivity index (χ1) is 17.5. The minimum Gasteiger partial charge on any atom is -0.497 e. The van der Waals surface area contributed by atoms with Crippen molar-refractivity contribution in [1.29, 1.82) is 0 Å². The van der Waals surface area contributed by atoms with Crippen LogP contribution in [0.25, 0.3) is 11.0 Å². The Balaban J connectivity index is 1.58. The zero-order chi connectivity index (χ0) is 26.8. The van der Waals surface area contributed by atoms with Gasteiger partial charge in [0.15, 0.2) is 12.3 Å². The first kappa shape index (κ1) is 27.3. The van der Waals surface area contributed by atoms with E-state index in [0.29, 0.717) is 30.3 Å². The average Bonchev–Trinajstić information content (AvgIpc) is 3.25. The normalized spacial score (nSPS) is 18.7. The molecule has 0 radical (unpaired) electrons. The summed E-state index contributed by atoms with van der Waals surface area (Å²) in [4.78, 5) is 18.5. The van der Waals surface area contributed by atoms with Crippen LogP contribution in [0.3, 0.4) is 0 Å². The third-order valence-corrected chi connectivity index (χ3v) is 7.42. The molecule has 4 rings (SSSR count). The molecule has 200 valence electrons. The molecule has 0 aliphatic heterocycles. The van der Waals surface area contributed by atoms with Gasteiger partial charge in [-0.05, 0) is 75.4 Å². The topological polar surface area (TPSA) is 59.4 Å². The summed E-state index contributed by atoms with van der Waals surface area (Å²) in [5.74, 6) is -0.127. The number of rotatable bonds is 8. The molecule has 1 fully saturated rings. The Morgan fingerprint density at radius 2 is 1.95 bits per heavy atom. The van der Waals surface area contributed by atoms with Crippen LogP contribution in [0, 0.1) is 0 Å². The Labute approximate surface area is 217 Å². The summed E-state index contributed by atoms with van der Waals surface area (Å²) >= 11 is -0.223. The van der Waals surface area contributed by atoms with Crippen molar-refractivity contribution in [1.82, 2.24) is 19.2 Å². The second-order valence-electron chi connectivity index (χ2n) is 9.86. The molecular formula is C26H30F4N4O2S. The summed E-state index contributed by atoms with van der Waals surface area (Å²) in [7, 11) is 1.59. The highest BCUT2D eigenvalue weighted by Gasteiger charge is 2.40. The number of pyridine rings is 1. The fourth-order valence-corrected chi connectivity index (χ4v) is 5.55. The number of benzene rings is 1. The van der Waals surface area contributed by atoms with Gasteiger partial charge in [0.1, 0.15) is 18.0 Å². The van der Waals surface area contributed by atoms with Crippen molar-refractivity contribution < 1.29 is 26.6 Å². The summed E-state index contributed by atoms with van der Waals surface area (Å²) in [5, 5.41) is 3.58. The van der Waals surface area contributed by atoms with Crippen molar-refractivity contribution in [3.8, 4) is 5.75 Å². The SMILES string of the molecule is COc1ccc(C(C)(C)NC2CCCC(N(CC(F)(F)F)C(=O)c3cc4ncccc4n3SF)C2)cc1. The fourth-order valence-electron chi connectivity index (χ4n) is 5.12. The van der Waals surface area contributed by atoms with E-state index in [1.165, 1.54) is 12.3 Å². The number of halogens is 4. The molecule has 1 aromatic carbocycles. The van der Waals surface area contributed by atoms with Gasteiger partial charge in [-0.25, -0.2) is 3.97 Å². The smallest absolute Gasteiger partial charge is 0.406 e. The molecule has 1 amide bonds. The van der Waals surface area contributed by atoms with Gasteiger partial charge in [0.2, 0.25) is 0 Å². The Morgan fingerprint density at radius 3 is 2.59 bits per heavy atom. The summed E-state index contributed by atoms with van der Waals surface area (Å²) in [6, 6.07) is 11.4. The predicted octanol–water partition coefficient (Wildman–Crippen LogP) is 6.27. The summed E-state index contributed by atoms with van der Waals surface area (Å²) in [6.45, 7) is 2.62. The van der Waals surface area contributed by atoms with Gasteiger partial charge in [-0.1, -0.05) is 12.1 Å². The van der Waals surface area contributed by atoms with Crippen LogP contribution in [0.15, 0.2) is 48.7 Å². The van der Waals surface area contributed by atoms with E-state index in [4.69, 9.17) is 4.74 Å². The zero-order valence-electron chi connectivity index (χ0n) is 20.9. The minimum absolute atomic E-state index is 0.109. The van der Waals surface area contributed by atoms with E-state index in [1.54, 1.807) is 19.2 Å². The molecule has 3 aromatic rings. The molecule has 1 saturated carbocycles. The Morgan fingerprint density at radius 1 is 1.22 bits per heavy atom. The minimum atomic E-state index is -4.60. The standard InChI is InChI=1S/C26H30F4N4O2S/c1-25(2,17-9-11-20(36-3)12-10-17)32-18-6-4-7-19(14-18)33(16-26(27,28)29)24(35)23-15-21-22(34(23)37-30)8-5-13-31-21/h5,8-13,15,18-19,32H,4,6-7,14,16H2,1-3H3. The van der Waals surface area contributed by atoms with Crippen LogP contribution in [0.2, 0.25) is 0 Å². The number of fused-ring (bicyclic) bond motifs is 1. The van der Waals surface area contributed by atoms with Crippen LogP contribution in [0.4, 0.5) is 17.1 Å². The van der Waals surface area contributed by atoms with Gasteiger partial charge in [0, 0.05) is 23.8 Å². The lowest BCUT2D eigenvalue weighted by Gasteiger charge is -2.41. The van der Waals surface area contributed by atoms with Crippen molar-refractivity contribution in [2.75, 3.05) is 13.7 Å². The number of hydrogen-bond donors (Lipinski definition) is 1. The van der Waals surface area contributed by atoms with Crippen LogP contribution in [0.5, 0.6) is 5.75 Å². The van der Waals surface area contributed by atoms with Crippen molar-refractivity contribution in [3.05, 3.63) is 59.9 Å². The molecule has 1 aliphatic carbocycles. The van der Waals surface area contributed by atoms with Gasteiger partial charge in [-0.2, -0.15) is 13.2 Å². The number of methoxy groups -OCH3 is 1. The van der Waals surface area contributed by atoms with E-state index in [-0.39, 0.29) is 24.1 Å². The predicted molar refractivity (Wildman–Crippen MR) is 136 cm³/mol. The third kappa shape index (κ3) is 6.20. The molecule has 37 heavy (non-hydrogen) atoms. The highest BCUT2D eigenvalue weighted by molar-refractivity contribution is 7.93. The van der Waals surface area contributed by atoms with Crippen molar-refractivity contribution >= 4 is 29.3 Å². The molecule has 11 heteroatoms. The molecular weight excluding hydrogens is 508 g/mol. The number of nitrogens with one attached hydrogen (secondary N) is 1. The van der Waals surface area contributed by atoms with E-state index < -0.39 is 30.2 Å². The van der Waals surface area contributed by atoms with Crippen LogP contribution in [0.1, 0.15) is 55.6 Å². The molecule has 2 heterocycles. The van der Waals surface area contributed by atoms with Gasteiger partial charge < -0.3 is 15.0 Å². The second kappa shape index (κ2) is 10.9. The van der Waals surface area contributed by atoms with E-state index in [2.05, 4.69) is 10.3 Å². The van der Waals surface area contributed by atoms with E-state index in [0.717, 1.165) is 26.6 Å². The van der Waals surface area contributed by atoms with Gasteiger partial charge in [0.05, 0.1) is 18.1 Å². The molecule has 1 aliphatic rings. The first-order valence-corrected chi connectivity index (χ1v) is 12.8. The van der Waals surface area contributed by atoms with Crippen molar-refractivity contribution in [2.24, 2.45) is 0 Å². The van der Waals surface area contributed by atoms with E-state index >= 15 is 0 Å². The van der Waals surface area contributed by atoms with Crippen molar-refractivity contribution in [3.63, 3.8) is 0 Å². The average molecular weight is 539 g/mol. The van der Waals surface area contributed by atoms with Crippen LogP contribution >= 0.6 is 12.3 Å². The largest absolute Gasteiger partial charge is 0.497 e. The number of carbonyl (C=O) groups is 1. The Hall–Kier alpha value is -2.79. The lowest BCUT2D eigenvalue weighted by Crippen LogP contribution is -2.52. The maximum absolute atomic E-state index is 13.9. The molecule has 0 saturated heterocycles. The van der Waals surface area contributed by atoms with Gasteiger partial charge in [0.25, 0.3) is 5.91 Å². The number of hydrogen-bond acceptors (Lipinski definition) is 5. The molecule has 0 spiro atoms. The van der Waals surface area contributed by atoms with E-state index in [9.17, 15) is 21.9 Å². The number of amides is 1. The monoisotopic (exact) mass is 538 g/mol. The van der Waals surface area contributed by atoms with Gasteiger partial charge in [-0.3, -0.25) is 9.78 Å². The van der Waals surface area contributed by atoms with E-state index in [1.807, 2.05) is 38.1 Å². The van der Waals surface area contributed by atoms with Crippen LogP contribution in [-0.2, 0) is 5.54 Å². The maximum Gasteiger partial charge on any atom is 0.406 e. The second-order valence-corrected chi connectivity index (χ2v) is 10.4. The maximum atomic E-state index is 13.9. The fraction of sp³-hybridized carbons (Fsp3) is 0.462. The quantitative estimate of drug-likeness (QED) is 0.343. The number of ether oxygens (including phenoxy) is 1. The molecule has 6 nitrogen and oxygen atoms in total. The molecule has 2 atom stereocenters. The highest BCUT2D eigenvalue weighted by Crippen LogP contribution is 2.33. The lowest BCUT2D eigenvalue weighted by atomic mass is 9.86. The van der Waals surface area contributed by atoms with Crippen LogP contribution in [-0.4, -0.2) is 51.7 Å². The lowest BCUT2D eigenvalue weighted by molar-refractivity contribution is -0.146. The zero-order valence-corrected chi connectivity index (χ0v) is 21.7. The molecule has 0 bridgehead atoms. The molecule has 1 N–H and O–H groups in total. The number of carbonyl (C=O) groups excluding carboxylic acids is 1. The Kier molecular flexibility index (Phi) is 8.03. The number of nitrogens with zero attached hydrogens (tertiary/aromatic N) is 3. The van der Waals surface area contributed by atoms with Gasteiger partial charge in [-0.15, -0.1) is 3.89 Å². The third-order valence-electron chi connectivity index (χ3n) is 6.89. The molecule has 2 aromatic heterocycles. The van der Waals surface area contributed by atoms with Crippen LogP contribution < -0.4 is 10.1 Å². The summed E-state index contributed by atoms with van der Waals surface area (Å²) in [6.07, 6.45) is -0.901. The summed E-state index contributed by atoms with van der Waals surface area (Å²) < 4.78 is 61.0. The van der Waals surface area contributed by atoms with Gasteiger partial charge >= 0.3 is 6.18 Å². The number of alkyl halides is 3. The Bertz CT molecular complexity index is 1230. The molecule has 2 unspecified atom stereocenters. The number of aromatic nitrogens is 2. The van der Waals surface area contributed by atoms with Crippen molar-refractivity contribution in [2.45, 2.75) is 63.3 Å². The first-order valence-electron chi connectivity index (χ1n) is 12.1.